The van der Waals surface area contributed by atoms with E-state index in [-0.39, 0.29) is 5.91 Å². The van der Waals surface area contributed by atoms with E-state index in [0.717, 1.165) is 10.0 Å². The van der Waals surface area contributed by atoms with Crippen molar-refractivity contribution in [3.8, 4) is 0 Å². The SMILES string of the molecule is Cc1ccc(CNC(=O)c2ccc(Br)c(C)c2)s1. The molecular formula is C14H14BrNOS. The molecule has 1 amide bonds. The predicted octanol–water partition coefficient (Wildman–Crippen LogP) is 4.06. The summed E-state index contributed by atoms with van der Waals surface area (Å²) < 4.78 is 1.02. The third kappa shape index (κ3) is 3.21. The first kappa shape index (κ1) is 13.3. The maximum atomic E-state index is 12.0. The number of thiophene rings is 1. The van der Waals surface area contributed by atoms with E-state index in [1.807, 2.05) is 31.2 Å². The van der Waals surface area contributed by atoms with Crippen molar-refractivity contribution in [3.05, 3.63) is 55.7 Å². The van der Waals surface area contributed by atoms with Crippen LogP contribution in [0.15, 0.2) is 34.8 Å². The van der Waals surface area contributed by atoms with Crippen LogP contribution in [0.1, 0.15) is 25.7 Å². The highest BCUT2D eigenvalue weighted by molar-refractivity contribution is 9.10. The van der Waals surface area contributed by atoms with Crippen LogP contribution < -0.4 is 5.32 Å². The molecule has 0 bridgehead atoms. The molecule has 18 heavy (non-hydrogen) atoms. The molecule has 0 saturated heterocycles. The van der Waals surface area contributed by atoms with Gasteiger partial charge in [0.2, 0.25) is 0 Å². The number of amides is 1. The van der Waals surface area contributed by atoms with Crippen molar-refractivity contribution in [1.82, 2.24) is 5.32 Å². The second kappa shape index (κ2) is 5.67. The van der Waals surface area contributed by atoms with Gasteiger partial charge in [0.25, 0.3) is 5.91 Å². The number of nitrogens with one attached hydrogen (secondary N) is 1. The largest absolute Gasteiger partial charge is 0.347 e. The summed E-state index contributed by atoms with van der Waals surface area (Å²) in [6.45, 7) is 4.63. The van der Waals surface area contributed by atoms with Crippen molar-refractivity contribution in [2.45, 2.75) is 20.4 Å². The lowest BCUT2D eigenvalue weighted by Crippen LogP contribution is -2.22. The van der Waals surface area contributed by atoms with Crippen LogP contribution in [0.3, 0.4) is 0 Å². The third-order valence-corrected chi connectivity index (χ3v) is 4.53. The Morgan fingerprint density at radius 3 is 2.67 bits per heavy atom. The van der Waals surface area contributed by atoms with E-state index < -0.39 is 0 Å². The number of carbonyl (C=O) groups is 1. The Balaban J connectivity index is 2.01. The van der Waals surface area contributed by atoms with Crippen molar-refractivity contribution < 1.29 is 4.79 Å². The fourth-order valence-corrected chi connectivity index (χ4v) is 2.71. The number of benzene rings is 1. The lowest BCUT2D eigenvalue weighted by molar-refractivity contribution is 0.0951. The fraction of sp³-hybridized carbons (Fsp3) is 0.214. The van der Waals surface area contributed by atoms with Gasteiger partial charge in [-0.05, 0) is 49.7 Å². The van der Waals surface area contributed by atoms with Gasteiger partial charge in [-0.2, -0.15) is 0 Å². The second-order valence-electron chi connectivity index (χ2n) is 4.16. The maximum Gasteiger partial charge on any atom is 0.251 e. The summed E-state index contributed by atoms with van der Waals surface area (Å²) in [6, 6.07) is 9.73. The highest BCUT2D eigenvalue weighted by Gasteiger charge is 2.07. The Kier molecular flexibility index (Phi) is 4.19. The lowest BCUT2D eigenvalue weighted by atomic mass is 10.1. The molecule has 2 aromatic rings. The summed E-state index contributed by atoms with van der Waals surface area (Å²) in [5, 5.41) is 2.93. The molecule has 94 valence electrons. The van der Waals surface area contributed by atoms with Crippen LogP contribution in [-0.2, 0) is 6.54 Å². The monoisotopic (exact) mass is 323 g/mol. The van der Waals surface area contributed by atoms with Crippen LogP contribution in [0.4, 0.5) is 0 Å². The molecule has 0 aliphatic heterocycles. The van der Waals surface area contributed by atoms with Gasteiger partial charge in [-0.25, -0.2) is 0 Å². The minimum atomic E-state index is -0.0309. The molecule has 0 aliphatic rings. The lowest BCUT2D eigenvalue weighted by Gasteiger charge is -2.05. The van der Waals surface area contributed by atoms with Gasteiger partial charge >= 0.3 is 0 Å². The van der Waals surface area contributed by atoms with E-state index in [2.05, 4.69) is 34.2 Å². The fourth-order valence-electron chi connectivity index (χ4n) is 1.64. The Labute approximate surface area is 119 Å². The molecule has 0 aliphatic carbocycles. The zero-order valence-corrected chi connectivity index (χ0v) is 12.7. The standard InChI is InChI=1S/C14H14BrNOS/c1-9-7-11(4-6-13(9)15)14(17)16-8-12-5-3-10(2)18-12/h3-7H,8H2,1-2H3,(H,16,17). The number of aryl methyl sites for hydroxylation is 2. The molecule has 0 unspecified atom stereocenters. The highest BCUT2D eigenvalue weighted by Crippen LogP contribution is 2.18. The molecular weight excluding hydrogens is 310 g/mol. The molecule has 4 heteroatoms. The number of carbonyl (C=O) groups excluding carboxylic acids is 1. The zero-order valence-electron chi connectivity index (χ0n) is 10.3. The van der Waals surface area contributed by atoms with Crippen LogP contribution >= 0.6 is 27.3 Å². The number of hydrogen-bond donors (Lipinski definition) is 1. The first-order valence-electron chi connectivity index (χ1n) is 5.66. The maximum absolute atomic E-state index is 12.0. The van der Waals surface area contributed by atoms with Gasteiger partial charge in [0.15, 0.2) is 0 Å². The van der Waals surface area contributed by atoms with Gasteiger partial charge in [0.05, 0.1) is 6.54 Å². The molecule has 2 nitrogen and oxygen atoms in total. The summed E-state index contributed by atoms with van der Waals surface area (Å²) in [5.74, 6) is -0.0309. The molecule has 0 spiro atoms. The van der Waals surface area contributed by atoms with Gasteiger partial charge in [0, 0.05) is 19.8 Å². The Morgan fingerprint density at radius 2 is 2.06 bits per heavy atom. The van der Waals surface area contributed by atoms with Crippen LogP contribution in [-0.4, -0.2) is 5.91 Å². The van der Waals surface area contributed by atoms with Crippen molar-refractivity contribution in [2.75, 3.05) is 0 Å². The summed E-state index contributed by atoms with van der Waals surface area (Å²) in [6.07, 6.45) is 0. The van der Waals surface area contributed by atoms with Crippen molar-refractivity contribution in [2.24, 2.45) is 0 Å². The van der Waals surface area contributed by atoms with E-state index in [0.29, 0.717) is 12.1 Å². The smallest absolute Gasteiger partial charge is 0.251 e. The molecule has 0 atom stereocenters. The van der Waals surface area contributed by atoms with Gasteiger partial charge < -0.3 is 5.32 Å². The molecule has 1 aromatic carbocycles. The first-order chi connectivity index (χ1) is 8.56. The van der Waals surface area contributed by atoms with Crippen molar-refractivity contribution in [3.63, 3.8) is 0 Å². The van der Waals surface area contributed by atoms with E-state index >= 15 is 0 Å². The summed E-state index contributed by atoms with van der Waals surface area (Å²) in [7, 11) is 0. The zero-order chi connectivity index (χ0) is 13.1. The Bertz CT molecular complexity index is 577. The molecule has 1 N–H and O–H groups in total. The summed E-state index contributed by atoms with van der Waals surface area (Å²) in [5.41, 5.74) is 1.76. The highest BCUT2D eigenvalue weighted by atomic mass is 79.9. The van der Waals surface area contributed by atoms with E-state index in [4.69, 9.17) is 0 Å². The molecule has 0 fully saturated rings. The topological polar surface area (TPSA) is 29.1 Å². The van der Waals surface area contributed by atoms with Gasteiger partial charge in [-0.15, -0.1) is 11.3 Å². The van der Waals surface area contributed by atoms with E-state index in [1.165, 1.54) is 9.75 Å². The van der Waals surface area contributed by atoms with Gasteiger partial charge in [0.1, 0.15) is 0 Å². The summed E-state index contributed by atoms with van der Waals surface area (Å²) in [4.78, 5) is 14.4. The summed E-state index contributed by atoms with van der Waals surface area (Å²) >= 11 is 5.14. The average molecular weight is 324 g/mol. The molecule has 1 heterocycles. The predicted molar refractivity (Wildman–Crippen MR) is 79.1 cm³/mol. The second-order valence-corrected chi connectivity index (χ2v) is 6.39. The van der Waals surface area contributed by atoms with Gasteiger partial charge in [-0.3, -0.25) is 4.79 Å². The van der Waals surface area contributed by atoms with Crippen LogP contribution in [0.5, 0.6) is 0 Å². The molecule has 0 saturated carbocycles. The third-order valence-electron chi connectivity index (χ3n) is 2.64. The minimum absolute atomic E-state index is 0.0309. The quantitative estimate of drug-likeness (QED) is 0.906. The van der Waals surface area contributed by atoms with Crippen LogP contribution in [0, 0.1) is 13.8 Å². The average Bonchev–Trinajstić information content (AvgIpc) is 2.75. The molecule has 1 aromatic heterocycles. The number of rotatable bonds is 3. The molecule has 2 rings (SSSR count). The Hall–Kier alpha value is -1.13. The normalized spacial score (nSPS) is 10.4. The van der Waals surface area contributed by atoms with Crippen LogP contribution in [0.25, 0.3) is 0 Å². The van der Waals surface area contributed by atoms with Crippen molar-refractivity contribution in [1.29, 1.82) is 0 Å². The molecule has 0 radical (unpaired) electrons. The number of hydrogen-bond acceptors (Lipinski definition) is 2. The van der Waals surface area contributed by atoms with E-state index in [1.54, 1.807) is 11.3 Å². The number of halogens is 1. The Morgan fingerprint density at radius 1 is 1.28 bits per heavy atom. The van der Waals surface area contributed by atoms with Crippen LogP contribution in [0.2, 0.25) is 0 Å². The first-order valence-corrected chi connectivity index (χ1v) is 7.27. The van der Waals surface area contributed by atoms with E-state index in [9.17, 15) is 4.79 Å². The van der Waals surface area contributed by atoms with Gasteiger partial charge in [-0.1, -0.05) is 15.9 Å². The minimum Gasteiger partial charge on any atom is -0.347 e. The van der Waals surface area contributed by atoms with Crippen molar-refractivity contribution >= 4 is 33.2 Å².